The Labute approximate surface area is 172 Å². The predicted molar refractivity (Wildman–Crippen MR) is 111 cm³/mol. The van der Waals surface area contributed by atoms with Gasteiger partial charge in [-0.25, -0.2) is 0 Å². The van der Waals surface area contributed by atoms with Crippen LogP contribution in [0.1, 0.15) is 66.2 Å². The van der Waals surface area contributed by atoms with Gasteiger partial charge < -0.3 is 25.2 Å². The average molecular weight is 401 g/mol. The fourth-order valence-electron chi connectivity index (χ4n) is 4.07. The van der Waals surface area contributed by atoms with Crippen molar-refractivity contribution in [3.63, 3.8) is 0 Å². The summed E-state index contributed by atoms with van der Waals surface area (Å²) in [7, 11) is 0. The lowest BCUT2D eigenvalue weighted by Gasteiger charge is -2.36. The van der Waals surface area contributed by atoms with E-state index >= 15 is 0 Å². The molecule has 0 aromatic heterocycles. The summed E-state index contributed by atoms with van der Waals surface area (Å²) in [6.07, 6.45) is 0.359. The van der Waals surface area contributed by atoms with E-state index in [9.17, 15) is 20.4 Å². The van der Waals surface area contributed by atoms with Gasteiger partial charge in [0.05, 0.1) is 37.6 Å². The van der Waals surface area contributed by atoms with Gasteiger partial charge in [0, 0.05) is 12.8 Å². The van der Waals surface area contributed by atoms with E-state index in [1.165, 1.54) is 5.56 Å². The van der Waals surface area contributed by atoms with E-state index in [0.29, 0.717) is 24.8 Å². The van der Waals surface area contributed by atoms with Crippen LogP contribution >= 0.6 is 0 Å². The zero-order valence-electron chi connectivity index (χ0n) is 17.2. The topological polar surface area (TPSA) is 90.2 Å². The molecular formula is C24H32O5. The number of hydrogen-bond donors (Lipinski definition) is 4. The molecular weight excluding hydrogens is 368 g/mol. The summed E-state index contributed by atoms with van der Waals surface area (Å²) in [6, 6.07) is 12.2. The second-order valence-electron chi connectivity index (χ2n) is 8.01. The first-order valence-corrected chi connectivity index (χ1v) is 10.4. The number of aliphatic hydroxyl groups is 4. The smallest absolute Gasteiger partial charge is 0.0864 e. The van der Waals surface area contributed by atoms with Gasteiger partial charge in [0.15, 0.2) is 0 Å². The van der Waals surface area contributed by atoms with E-state index in [1.807, 2.05) is 12.1 Å². The second kappa shape index (κ2) is 9.83. The van der Waals surface area contributed by atoms with Gasteiger partial charge in [-0.05, 0) is 53.1 Å². The molecule has 1 heterocycles. The molecule has 0 bridgehead atoms. The van der Waals surface area contributed by atoms with Crippen LogP contribution in [-0.2, 0) is 30.8 Å². The molecule has 3 rings (SSSR count). The third kappa shape index (κ3) is 5.24. The maximum atomic E-state index is 10.3. The van der Waals surface area contributed by atoms with Crippen molar-refractivity contribution in [1.82, 2.24) is 0 Å². The molecule has 0 radical (unpaired) electrons. The summed E-state index contributed by atoms with van der Waals surface area (Å²) in [5.41, 5.74) is 5.67. The van der Waals surface area contributed by atoms with E-state index in [1.54, 1.807) is 6.92 Å². The maximum absolute atomic E-state index is 10.3. The van der Waals surface area contributed by atoms with Gasteiger partial charge in [-0.3, -0.25) is 0 Å². The van der Waals surface area contributed by atoms with E-state index in [0.717, 1.165) is 28.7 Å². The van der Waals surface area contributed by atoms with Gasteiger partial charge in [-0.15, -0.1) is 0 Å². The normalized spacial score (nSPS) is 23.2. The van der Waals surface area contributed by atoms with Gasteiger partial charge in [-0.2, -0.15) is 0 Å². The predicted octanol–water partition coefficient (Wildman–Crippen LogP) is 2.79. The minimum Gasteiger partial charge on any atom is -0.393 e. The van der Waals surface area contributed by atoms with Gasteiger partial charge >= 0.3 is 0 Å². The Morgan fingerprint density at radius 3 is 2.21 bits per heavy atom. The van der Waals surface area contributed by atoms with Crippen molar-refractivity contribution in [2.24, 2.45) is 0 Å². The van der Waals surface area contributed by atoms with Crippen LogP contribution in [0.15, 0.2) is 36.4 Å². The molecule has 5 nitrogen and oxygen atoms in total. The average Bonchev–Trinajstić information content (AvgIpc) is 2.73. The molecule has 4 atom stereocenters. The third-order valence-electron chi connectivity index (χ3n) is 5.84. The minimum atomic E-state index is -0.682. The van der Waals surface area contributed by atoms with Crippen LogP contribution in [0.3, 0.4) is 0 Å². The van der Waals surface area contributed by atoms with Gasteiger partial charge in [0.25, 0.3) is 0 Å². The minimum absolute atomic E-state index is 0.111. The molecule has 5 heteroatoms. The molecule has 2 aromatic rings. The monoisotopic (exact) mass is 400 g/mol. The summed E-state index contributed by atoms with van der Waals surface area (Å²) < 4.78 is 6.07. The van der Waals surface area contributed by atoms with Crippen molar-refractivity contribution in [2.75, 3.05) is 0 Å². The quantitative estimate of drug-likeness (QED) is 0.574. The number of benzene rings is 2. The number of hydrogen-bond acceptors (Lipinski definition) is 5. The number of aryl methyl sites for hydroxylation is 1. The van der Waals surface area contributed by atoms with Crippen LogP contribution in [0.4, 0.5) is 0 Å². The summed E-state index contributed by atoms with van der Waals surface area (Å²) in [4.78, 5) is 0. The number of aliphatic hydroxyl groups excluding tert-OH is 4. The molecule has 4 N–H and O–H groups in total. The molecule has 0 spiro atoms. The number of ether oxygens (including phenoxy) is 1. The fourth-order valence-corrected chi connectivity index (χ4v) is 4.07. The Hall–Kier alpha value is -1.76. The Bertz CT molecular complexity index is 800. The van der Waals surface area contributed by atoms with E-state index < -0.39 is 24.4 Å². The first-order chi connectivity index (χ1) is 13.9. The Balaban J connectivity index is 1.94. The van der Waals surface area contributed by atoms with Crippen molar-refractivity contribution in [1.29, 1.82) is 0 Å². The molecule has 158 valence electrons. The van der Waals surface area contributed by atoms with Crippen LogP contribution in [-0.4, -0.2) is 38.7 Å². The molecule has 1 aliphatic heterocycles. The van der Waals surface area contributed by atoms with Gasteiger partial charge in [-0.1, -0.05) is 43.3 Å². The highest BCUT2D eigenvalue weighted by atomic mass is 16.5. The highest BCUT2D eigenvalue weighted by Gasteiger charge is 2.33. The molecule has 2 aromatic carbocycles. The highest BCUT2D eigenvalue weighted by molar-refractivity contribution is 5.42. The lowest BCUT2D eigenvalue weighted by molar-refractivity contribution is -0.136. The molecule has 1 fully saturated rings. The van der Waals surface area contributed by atoms with Crippen LogP contribution in [0, 0.1) is 0 Å². The van der Waals surface area contributed by atoms with Crippen LogP contribution in [0.25, 0.3) is 0 Å². The highest BCUT2D eigenvalue weighted by Crippen LogP contribution is 2.36. The first kappa shape index (κ1) is 21.9. The lowest BCUT2D eigenvalue weighted by Crippen LogP contribution is -2.38. The fraction of sp³-hybridized carbons (Fsp3) is 0.500. The van der Waals surface area contributed by atoms with Crippen LogP contribution in [0.5, 0.6) is 0 Å². The van der Waals surface area contributed by atoms with E-state index in [2.05, 4.69) is 31.2 Å². The summed E-state index contributed by atoms with van der Waals surface area (Å²) in [6.45, 7) is 3.49. The van der Waals surface area contributed by atoms with Crippen molar-refractivity contribution in [3.05, 3.63) is 69.8 Å². The Morgan fingerprint density at radius 1 is 0.966 bits per heavy atom. The molecule has 1 saturated heterocycles. The van der Waals surface area contributed by atoms with Crippen molar-refractivity contribution < 1.29 is 25.2 Å². The van der Waals surface area contributed by atoms with E-state index in [-0.39, 0.29) is 13.2 Å². The Morgan fingerprint density at radius 2 is 1.62 bits per heavy atom. The van der Waals surface area contributed by atoms with Crippen molar-refractivity contribution in [2.45, 2.75) is 77.2 Å². The molecule has 0 aliphatic carbocycles. The van der Waals surface area contributed by atoms with Crippen molar-refractivity contribution in [3.8, 4) is 0 Å². The van der Waals surface area contributed by atoms with Gasteiger partial charge in [0.1, 0.15) is 0 Å². The third-order valence-corrected chi connectivity index (χ3v) is 5.84. The standard InChI is InChI=1S/C24H32O5/c1-3-16-4-6-17(7-5-16)8-18-10-22(20(14-26)9-19(18)13-25)24-12-21(28)11-23(29-24)15(2)27/h4-7,9-10,15,21,23-28H,3,8,11-14H2,1-2H3. The largest absolute Gasteiger partial charge is 0.393 e. The number of rotatable bonds is 7. The van der Waals surface area contributed by atoms with Gasteiger partial charge in [0.2, 0.25) is 0 Å². The van der Waals surface area contributed by atoms with Crippen LogP contribution in [0.2, 0.25) is 0 Å². The maximum Gasteiger partial charge on any atom is 0.0864 e. The molecule has 0 saturated carbocycles. The summed E-state index contributed by atoms with van der Waals surface area (Å²) in [5.74, 6) is 0. The second-order valence-corrected chi connectivity index (χ2v) is 8.01. The zero-order chi connectivity index (χ0) is 21.0. The molecule has 29 heavy (non-hydrogen) atoms. The SMILES string of the molecule is CCc1ccc(Cc2cc(C3CC(O)CC(C(C)O)O3)c(CO)cc2CO)cc1. The molecule has 4 unspecified atom stereocenters. The summed E-state index contributed by atoms with van der Waals surface area (Å²) in [5, 5.41) is 40.0. The molecule has 0 amide bonds. The zero-order valence-corrected chi connectivity index (χ0v) is 17.2. The Kier molecular flexibility index (Phi) is 7.44. The van der Waals surface area contributed by atoms with E-state index in [4.69, 9.17) is 4.74 Å². The van der Waals surface area contributed by atoms with Crippen LogP contribution < -0.4 is 0 Å². The molecule has 1 aliphatic rings. The summed E-state index contributed by atoms with van der Waals surface area (Å²) >= 11 is 0. The first-order valence-electron chi connectivity index (χ1n) is 10.4. The lowest BCUT2D eigenvalue weighted by atomic mass is 9.88. The van der Waals surface area contributed by atoms with Crippen molar-refractivity contribution >= 4 is 0 Å².